The number of hydrogen-bond donors (Lipinski definition) is 3. The van der Waals surface area contributed by atoms with Crippen molar-refractivity contribution in [2.75, 3.05) is 13.2 Å². The van der Waals surface area contributed by atoms with Crippen LogP contribution < -0.4 is 5.32 Å². The first-order chi connectivity index (χ1) is 9.04. The average Bonchev–Trinajstić information content (AvgIpc) is 3.17. The first-order valence-corrected chi connectivity index (χ1v) is 7.17. The molecular weight excluding hydrogens is 238 g/mol. The summed E-state index contributed by atoms with van der Waals surface area (Å²) in [5.74, 6) is 0.650. The second-order valence-corrected chi connectivity index (χ2v) is 6.17. The third-order valence-corrected chi connectivity index (χ3v) is 3.84. The summed E-state index contributed by atoms with van der Waals surface area (Å²) in [7, 11) is 0. The van der Waals surface area contributed by atoms with E-state index in [9.17, 15) is 10.2 Å². The molecule has 1 aromatic rings. The molecular formula is C16H25NO2. The maximum Gasteiger partial charge on any atom is 0.0914 e. The summed E-state index contributed by atoms with van der Waals surface area (Å²) in [6.45, 7) is 5.07. The number of aliphatic hydroxyl groups excluding tert-OH is 2. The second-order valence-electron chi connectivity index (χ2n) is 6.17. The molecule has 1 atom stereocenters. The number of β-amino-alcohol motifs (C(OH)–C–C–N with tert-alkyl or cyclic N) is 1. The van der Waals surface area contributed by atoms with Crippen LogP contribution in [0.2, 0.25) is 0 Å². The monoisotopic (exact) mass is 263 g/mol. The Hall–Kier alpha value is -0.900. The molecule has 2 rings (SSSR count). The van der Waals surface area contributed by atoms with Gasteiger partial charge in [-0.25, -0.2) is 0 Å². The van der Waals surface area contributed by atoms with Crippen molar-refractivity contribution in [1.82, 2.24) is 5.32 Å². The maximum absolute atomic E-state index is 10.1. The summed E-state index contributed by atoms with van der Waals surface area (Å²) in [5.41, 5.74) is 2.14. The molecule has 0 aromatic heterocycles. The van der Waals surface area contributed by atoms with Gasteiger partial charge in [-0.3, -0.25) is 0 Å². The fourth-order valence-corrected chi connectivity index (χ4v) is 2.32. The molecule has 0 aliphatic heterocycles. The molecule has 106 valence electrons. The Labute approximate surface area is 115 Å². The van der Waals surface area contributed by atoms with E-state index in [2.05, 4.69) is 31.3 Å². The van der Waals surface area contributed by atoms with Crippen molar-refractivity contribution in [1.29, 1.82) is 0 Å². The maximum atomic E-state index is 10.1. The van der Waals surface area contributed by atoms with Gasteiger partial charge >= 0.3 is 0 Å². The number of benzene rings is 1. The number of rotatable bonds is 7. The fourth-order valence-electron chi connectivity index (χ4n) is 2.32. The fraction of sp³-hybridized carbons (Fsp3) is 0.625. The van der Waals surface area contributed by atoms with Gasteiger partial charge in [0.25, 0.3) is 0 Å². The molecule has 19 heavy (non-hydrogen) atoms. The molecule has 1 aromatic carbocycles. The molecule has 0 bridgehead atoms. The lowest BCUT2D eigenvalue weighted by Crippen LogP contribution is -2.37. The van der Waals surface area contributed by atoms with Gasteiger partial charge in [-0.2, -0.15) is 0 Å². The van der Waals surface area contributed by atoms with Gasteiger partial charge < -0.3 is 15.5 Å². The molecule has 1 saturated carbocycles. The van der Waals surface area contributed by atoms with E-state index in [0.29, 0.717) is 12.5 Å². The summed E-state index contributed by atoms with van der Waals surface area (Å²) in [6, 6.07) is 8.19. The Morgan fingerprint density at radius 2 is 1.84 bits per heavy atom. The first-order valence-electron chi connectivity index (χ1n) is 7.17. The topological polar surface area (TPSA) is 52.5 Å². The second kappa shape index (κ2) is 6.04. The highest BCUT2D eigenvalue weighted by atomic mass is 16.3. The molecule has 1 aliphatic carbocycles. The van der Waals surface area contributed by atoms with Crippen LogP contribution in [0.5, 0.6) is 0 Å². The Morgan fingerprint density at radius 1 is 1.21 bits per heavy atom. The highest BCUT2D eigenvalue weighted by Gasteiger charge is 2.41. The van der Waals surface area contributed by atoms with Crippen LogP contribution in [0.4, 0.5) is 0 Å². The minimum Gasteiger partial charge on any atom is -0.394 e. The van der Waals surface area contributed by atoms with Crippen molar-refractivity contribution >= 4 is 0 Å². The minimum atomic E-state index is -0.503. The lowest BCUT2D eigenvalue weighted by Gasteiger charge is -2.18. The van der Waals surface area contributed by atoms with Crippen LogP contribution in [-0.2, 0) is 6.42 Å². The molecule has 3 heteroatoms. The van der Waals surface area contributed by atoms with E-state index in [-0.39, 0.29) is 12.1 Å². The average molecular weight is 263 g/mol. The predicted octanol–water partition coefficient (Wildman–Crippen LogP) is 2.03. The number of nitrogens with one attached hydrogen (secondary N) is 1. The van der Waals surface area contributed by atoms with Crippen molar-refractivity contribution in [2.24, 2.45) is 5.92 Å². The molecule has 3 nitrogen and oxygen atoms in total. The first kappa shape index (κ1) is 14.5. The molecule has 1 unspecified atom stereocenters. The van der Waals surface area contributed by atoms with E-state index in [4.69, 9.17) is 0 Å². The van der Waals surface area contributed by atoms with Crippen molar-refractivity contribution < 1.29 is 10.2 Å². The molecule has 0 spiro atoms. The minimum absolute atomic E-state index is 0.113. The Morgan fingerprint density at radius 3 is 2.32 bits per heavy atom. The molecule has 3 N–H and O–H groups in total. The third-order valence-electron chi connectivity index (χ3n) is 3.84. The molecule has 0 saturated heterocycles. The van der Waals surface area contributed by atoms with E-state index in [1.54, 1.807) is 0 Å². The van der Waals surface area contributed by atoms with Gasteiger partial charge in [-0.05, 0) is 36.3 Å². The van der Waals surface area contributed by atoms with E-state index in [1.807, 2.05) is 12.1 Å². The summed E-state index contributed by atoms with van der Waals surface area (Å²) >= 11 is 0. The van der Waals surface area contributed by atoms with Crippen LogP contribution in [0, 0.1) is 5.92 Å². The van der Waals surface area contributed by atoms with Gasteiger partial charge in [-0.15, -0.1) is 0 Å². The van der Waals surface area contributed by atoms with Crippen LogP contribution in [0.25, 0.3) is 0 Å². The van der Waals surface area contributed by atoms with Crippen molar-refractivity contribution in [2.45, 2.75) is 44.8 Å². The molecule has 0 heterocycles. The highest BCUT2D eigenvalue weighted by molar-refractivity contribution is 5.24. The van der Waals surface area contributed by atoms with Crippen LogP contribution >= 0.6 is 0 Å². The van der Waals surface area contributed by atoms with E-state index < -0.39 is 6.10 Å². The molecule has 0 radical (unpaired) electrons. The number of hydrogen-bond acceptors (Lipinski definition) is 3. The third kappa shape index (κ3) is 4.03. The summed E-state index contributed by atoms with van der Waals surface area (Å²) in [5, 5.41) is 22.6. The highest BCUT2D eigenvalue weighted by Crippen LogP contribution is 2.34. The van der Waals surface area contributed by atoms with E-state index in [1.165, 1.54) is 5.56 Å². The van der Waals surface area contributed by atoms with Gasteiger partial charge in [0.15, 0.2) is 0 Å². The standard InChI is InChI=1S/C16H25NO2/c1-12(2)9-13-3-5-14(6-4-13)15(19)10-17-16(11-18)7-8-16/h3-6,12,15,17-19H,7-11H2,1-2H3. The van der Waals surface area contributed by atoms with Gasteiger partial charge in [0.05, 0.1) is 12.7 Å². The Kier molecular flexibility index (Phi) is 4.61. The molecule has 1 fully saturated rings. The Bertz CT molecular complexity index is 396. The van der Waals surface area contributed by atoms with Crippen LogP contribution in [-0.4, -0.2) is 28.9 Å². The number of aliphatic hydroxyl groups is 2. The van der Waals surface area contributed by atoms with Gasteiger partial charge in [0.2, 0.25) is 0 Å². The smallest absolute Gasteiger partial charge is 0.0914 e. The predicted molar refractivity (Wildman–Crippen MR) is 77.0 cm³/mol. The normalized spacial score (nSPS) is 18.6. The summed E-state index contributed by atoms with van der Waals surface area (Å²) in [6.07, 6.45) is 2.58. The Balaban J connectivity index is 1.86. The quantitative estimate of drug-likeness (QED) is 0.705. The zero-order valence-electron chi connectivity index (χ0n) is 11.9. The zero-order valence-corrected chi connectivity index (χ0v) is 11.9. The van der Waals surface area contributed by atoms with Gasteiger partial charge in [-0.1, -0.05) is 38.1 Å². The van der Waals surface area contributed by atoms with Gasteiger partial charge in [0.1, 0.15) is 0 Å². The van der Waals surface area contributed by atoms with Gasteiger partial charge in [0, 0.05) is 12.1 Å². The van der Waals surface area contributed by atoms with Crippen molar-refractivity contribution in [3.05, 3.63) is 35.4 Å². The van der Waals surface area contributed by atoms with Crippen LogP contribution in [0.15, 0.2) is 24.3 Å². The lowest BCUT2D eigenvalue weighted by atomic mass is 10.00. The SMILES string of the molecule is CC(C)Cc1ccc(C(O)CNC2(CO)CC2)cc1. The summed E-state index contributed by atoms with van der Waals surface area (Å²) in [4.78, 5) is 0. The van der Waals surface area contributed by atoms with E-state index >= 15 is 0 Å². The molecule has 1 aliphatic rings. The van der Waals surface area contributed by atoms with Crippen molar-refractivity contribution in [3.63, 3.8) is 0 Å². The van der Waals surface area contributed by atoms with Crippen molar-refractivity contribution in [3.8, 4) is 0 Å². The molecule has 0 amide bonds. The van der Waals surface area contributed by atoms with Crippen LogP contribution in [0.3, 0.4) is 0 Å². The summed E-state index contributed by atoms with van der Waals surface area (Å²) < 4.78 is 0. The lowest BCUT2D eigenvalue weighted by molar-refractivity contribution is 0.154. The van der Waals surface area contributed by atoms with E-state index in [0.717, 1.165) is 24.8 Å². The largest absolute Gasteiger partial charge is 0.394 e. The zero-order chi connectivity index (χ0) is 13.9. The van der Waals surface area contributed by atoms with Crippen LogP contribution in [0.1, 0.15) is 43.9 Å².